The molecule has 0 aromatic heterocycles. The Kier molecular flexibility index (Phi) is 3.92. The second-order valence-corrected chi connectivity index (χ2v) is 4.91. The Morgan fingerprint density at radius 2 is 1.62 bits per heavy atom. The number of hydrogen-bond donors (Lipinski definition) is 1. The Bertz CT molecular complexity index is 573. The number of aliphatic hydroxyl groups is 1. The van der Waals surface area contributed by atoms with E-state index >= 15 is 0 Å². The van der Waals surface area contributed by atoms with Crippen molar-refractivity contribution >= 4 is 0 Å². The largest absolute Gasteiger partial charge is 0.497 e. The van der Waals surface area contributed by atoms with Gasteiger partial charge in [0, 0.05) is 5.56 Å². The first kappa shape index (κ1) is 14.1. The summed E-state index contributed by atoms with van der Waals surface area (Å²) in [5.41, 5.74) is 1.53. The topological polar surface area (TPSA) is 47.9 Å². The van der Waals surface area contributed by atoms with Crippen LogP contribution in [-0.4, -0.2) is 25.4 Å². The summed E-state index contributed by atoms with van der Waals surface area (Å²) in [7, 11) is 1.61. The van der Waals surface area contributed by atoms with E-state index < -0.39 is 11.9 Å². The van der Waals surface area contributed by atoms with Crippen LogP contribution in [0.3, 0.4) is 0 Å². The molecule has 0 spiro atoms. The minimum Gasteiger partial charge on any atom is -0.497 e. The number of methoxy groups -OCH3 is 1. The zero-order chi connectivity index (χ0) is 14.7. The van der Waals surface area contributed by atoms with Crippen molar-refractivity contribution in [3.8, 4) is 5.75 Å². The van der Waals surface area contributed by atoms with Crippen molar-refractivity contribution in [2.45, 2.75) is 11.9 Å². The van der Waals surface area contributed by atoms with Gasteiger partial charge < -0.3 is 19.3 Å². The van der Waals surface area contributed by atoms with Crippen molar-refractivity contribution in [2.24, 2.45) is 0 Å². The Labute approximate surface area is 123 Å². The summed E-state index contributed by atoms with van der Waals surface area (Å²) in [6.07, 6.45) is -0.909. The van der Waals surface area contributed by atoms with Crippen LogP contribution in [0.2, 0.25) is 0 Å². The molecule has 0 amide bonds. The Hall–Kier alpha value is -1.88. The van der Waals surface area contributed by atoms with Crippen molar-refractivity contribution in [1.29, 1.82) is 0 Å². The standard InChI is InChI=1S/C17H18O4/c1-19-15-9-7-13(8-10-15)16(18)17(20-11-12-21-17)14-5-3-2-4-6-14/h2-10,16,18H,11-12H2,1H3. The monoisotopic (exact) mass is 286 g/mol. The van der Waals surface area contributed by atoms with Crippen molar-refractivity contribution in [3.63, 3.8) is 0 Å². The van der Waals surface area contributed by atoms with Gasteiger partial charge in [-0.25, -0.2) is 0 Å². The van der Waals surface area contributed by atoms with Gasteiger partial charge in [0.25, 0.3) is 0 Å². The molecular weight excluding hydrogens is 268 g/mol. The Balaban J connectivity index is 1.97. The fourth-order valence-electron chi connectivity index (χ4n) is 2.59. The molecule has 1 aliphatic rings. The molecule has 3 rings (SSSR count). The molecule has 2 aromatic rings. The number of hydrogen-bond acceptors (Lipinski definition) is 4. The van der Waals surface area contributed by atoms with Crippen LogP contribution in [0.5, 0.6) is 5.75 Å². The van der Waals surface area contributed by atoms with Crippen LogP contribution in [0.1, 0.15) is 17.2 Å². The second kappa shape index (κ2) is 5.85. The van der Waals surface area contributed by atoms with E-state index in [1.54, 1.807) is 7.11 Å². The van der Waals surface area contributed by atoms with Gasteiger partial charge in [0.1, 0.15) is 11.9 Å². The smallest absolute Gasteiger partial charge is 0.226 e. The van der Waals surface area contributed by atoms with Crippen LogP contribution >= 0.6 is 0 Å². The van der Waals surface area contributed by atoms with Crippen molar-refractivity contribution < 1.29 is 19.3 Å². The highest BCUT2D eigenvalue weighted by molar-refractivity contribution is 5.32. The molecule has 1 unspecified atom stereocenters. The van der Waals surface area contributed by atoms with Gasteiger partial charge in [-0.05, 0) is 17.7 Å². The van der Waals surface area contributed by atoms with Crippen molar-refractivity contribution in [3.05, 3.63) is 65.7 Å². The van der Waals surface area contributed by atoms with Crippen LogP contribution in [0, 0.1) is 0 Å². The third-order valence-corrected chi connectivity index (χ3v) is 3.68. The van der Waals surface area contributed by atoms with E-state index in [9.17, 15) is 5.11 Å². The number of aliphatic hydroxyl groups excluding tert-OH is 1. The van der Waals surface area contributed by atoms with Crippen molar-refractivity contribution in [1.82, 2.24) is 0 Å². The lowest BCUT2D eigenvalue weighted by atomic mass is 9.94. The second-order valence-electron chi connectivity index (χ2n) is 4.91. The zero-order valence-electron chi connectivity index (χ0n) is 11.9. The maximum absolute atomic E-state index is 10.8. The lowest BCUT2D eigenvalue weighted by Gasteiger charge is -2.33. The summed E-state index contributed by atoms with van der Waals surface area (Å²) >= 11 is 0. The summed E-state index contributed by atoms with van der Waals surface area (Å²) in [5.74, 6) is -0.400. The normalized spacial score (nSPS) is 18.4. The molecule has 0 radical (unpaired) electrons. The SMILES string of the molecule is COc1ccc(C(O)C2(c3ccccc3)OCCO2)cc1. The number of ether oxygens (including phenoxy) is 3. The van der Waals surface area contributed by atoms with Gasteiger partial charge in [0.05, 0.1) is 20.3 Å². The maximum Gasteiger partial charge on any atom is 0.226 e. The number of rotatable bonds is 4. The molecule has 1 atom stereocenters. The summed E-state index contributed by atoms with van der Waals surface area (Å²) in [5, 5.41) is 10.8. The van der Waals surface area contributed by atoms with Gasteiger partial charge >= 0.3 is 0 Å². The molecule has 1 heterocycles. The quantitative estimate of drug-likeness (QED) is 0.938. The molecular formula is C17H18O4. The first-order valence-corrected chi connectivity index (χ1v) is 6.92. The van der Waals surface area contributed by atoms with Crippen LogP contribution in [0.4, 0.5) is 0 Å². The average molecular weight is 286 g/mol. The molecule has 0 bridgehead atoms. The van der Waals surface area contributed by atoms with E-state index in [1.807, 2.05) is 54.6 Å². The molecule has 0 aliphatic carbocycles. The van der Waals surface area contributed by atoms with Gasteiger partial charge in [-0.2, -0.15) is 0 Å². The van der Waals surface area contributed by atoms with Gasteiger partial charge in [0.15, 0.2) is 0 Å². The van der Waals surface area contributed by atoms with Crippen LogP contribution in [0.15, 0.2) is 54.6 Å². The van der Waals surface area contributed by atoms with Crippen LogP contribution in [0.25, 0.3) is 0 Å². The maximum atomic E-state index is 10.8. The summed E-state index contributed by atoms with van der Waals surface area (Å²) < 4.78 is 16.7. The minimum absolute atomic E-state index is 0.460. The third kappa shape index (κ3) is 2.53. The third-order valence-electron chi connectivity index (χ3n) is 3.68. The molecule has 4 nitrogen and oxygen atoms in total. The highest BCUT2D eigenvalue weighted by atomic mass is 16.7. The average Bonchev–Trinajstić information content (AvgIpc) is 3.06. The lowest BCUT2D eigenvalue weighted by molar-refractivity contribution is -0.232. The molecule has 110 valence electrons. The minimum atomic E-state index is -1.14. The first-order valence-electron chi connectivity index (χ1n) is 6.92. The van der Waals surface area contributed by atoms with E-state index in [1.165, 1.54) is 0 Å². The Morgan fingerprint density at radius 3 is 2.19 bits per heavy atom. The predicted octanol–water partition coefficient (Wildman–Crippen LogP) is 2.63. The zero-order valence-corrected chi connectivity index (χ0v) is 11.9. The highest BCUT2D eigenvalue weighted by Crippen LogP contribution is 2.42. The summed E-state index contributed by atoms with van der Waals surface area (Å²) in [4.78, 5) is 0. The van der Waals surface area contributed by atoms with Gasteiger partial charge in [-0.1, -0.05) is 42.5 Å². The van der Waals surface area contributed by atoms with E-state index in [0.717, 1.165) is 16.9 Å². The van der Waals surface area contributed by atoms with Gasteiger partial charge in [-0.3, -0.25) is 0 Å². The summed E-state index contributed by atoms with van der Waals surface area (Å²) in [6, 6.07) is 16.8. The fourth-order valence-corrected chi connectivity index (χ4v) is 2.59. The van der Waals surface area contributed by atoms with Gasteiger partial charge in [0.2, 0.25) is 5.79 Å². The predicted molar refractivity (Wildman–Crippen MR) is 78.0 cm³/mol. The van der Waals surface area contributed by atoms with Crippen LogP contribution < -0.4 is 4.74 Å². The molecule has 1 N–H and O–H groups in total. The molecule has 0 saturated carbocycles. The molecule has 4 heteroatoms. The molecule has 1 saturated heterocycles. The van der Waals surface area contributed by atoms with Crippen molar-refractivity contribution in [2.75, 3.05) is 20.3 Å². The number of benzene rings is 2. The van der Waals surface area contributed by atoms with Gasteiger partial charge in [-0.15, -0.1) is 0 Å². The Morgan fingerprint density at radius 1 is 1.00 bits per heavy atom. The van der Waals surface area contributed by atoms with E-state index in [0.29, 0.717) is 13.2 Å². The van der Waals surface area contributed by atoms with E-state index in [4.69, 9.17) is 14.2 Å². The van der Waals surface area contributed by atoms with E-state index in [-0.39, 0.29) is 0 Å². The summed E-state index contributed by atoms with van der Waals surface area (Å²) in [6.45, 7) is 0.921. The molecule has 21 heavy (non-hydrogen) atoms. The highest BCUT2D eigenvalue weighted by Gasteiger charge is 2.46. The first-order chi connectivity index (χ1) is 10.3. The lowest BCUT2D eigenvalue weighted by Crippen LogP contribution is -2.34. The molecule has 1 fully saturated rings. The molecule has 1 aliphatic heterocycles. The molecule has 2 aromatic carbocycles. The van der Waals surface area contributed by atoms with Crippen LogP contribution in [-0.2, 0) is 15.3 Å². The van der Waals surface area contributed by atoms with E-state index in [2.05, 4.69) is 0 Å². The fraction of sp³-hybridized carbons (Fsp3) is 0.294.